The molecule has 0 aliphatic heterocycles. The molecule has 0 heterocycles. The summed E-state index contributed by atoms with van der Waals surface area (Å²) < 4.78 is 5.77. The van der Waals surface area contributed by atoms with Crippen molar-refractivity contribution in [2.24, 2.45) is 5.73 Å². The van der Waals surface area contributed by atoms with Gasteiger partial charge in [0.15, 0.2) is 0 Å². The van der Waals surface area contributed by atoms with Gasteiger partial charge in [-0.25, -0.2) is 0 Å². The Hall–Kier alpha value is -1.80. The Balaban J connectivity index is 1.83. The molecule has 1 aliphatic rings. The van der Waals surface area contributed by atoms with E-state index in [1.807, 2.05) is 13.0 Å². The number of nitrogens with two attached hydrogens (primary N) is 1. The quantitative estimate of drug-likeness (QED) is 0.866. The largest absolute Gasteiger partial charge is 0.494 e. The maximum Gasteiger partial charge on any atom is 0.122 e. The minimum atomic E-state index is 0.351. The molecule has 0 saturated heterocycles. The van der Waals surface area contributed by atoms with Crippen LogP contribution in [0.3, 0.4) is 0 Å². The Morgan fingerprint density at radius 1 is 1.04 bits per heavy atom. The van der Waals surface area contributed by atoms with E-state index in [0.717, 1.165) is 12.2 Å². The predicted molar refractivity (Wildman–Crippen MR) is 96.2 cm³/mol. The fraction of sp³-hybridized carbons (Fsp3) is 0.429. The predicted octanol–water partition coefficient (Wildman–Crippen LogP) is 4.25. The Morgan fingerprint density at radius 2 is 1.83 bits per heavy atom. The number of benzene rings is 2. The highest BCUT2D eigenvalue weighted by Crippen LogP contribution is 2.29. The highest BCUT2D eigenvalue weighted by atomic mass is 16.5. The van der Waals surface area contributed by atoms with Gasteiger partial charge in [0, 0.05) is 5.92 Å². The van der Waals surface area contributed by atoms with Crippen LogP contribution in [0.2, 0.25) is 0 Å². The highest BCUT2D eigenvalue weighted by Gasteiger charge is 2.16. The van der Waals surface area contributed by atoms with Crippen molar-refractivity contribution in [2.75, 3.05) is 13.2 Å². The maximum atomic E-state index is 6.11. The second-order valence-electron chi connectivity index (χ2n) is 6.41. The van der Waals surface area contributed by atoms with E-state index in [0.29, 0.717) is 19.1 Å². The minimum Gasteiger partial charge on any atom is -0.494 e. The van der Waals surface area contributed by atoms with Crippen molar-refractivity contribution in [3.05, 3.63) is 64.7 Å². The standard InChI is InChI=1S/C21H27NO/c1-2-23-21-10-6-5-9-19(21)14-20(15-22)18-12-11-16-7-3-4-8-17(16)13-18/h5-6,9-13,20H,2-4,7-8,14-15,22H2,1H3. The molecular weight excluding hydrogens is 282 g/mol. The molecule has 1 atom stereocenters. The molecule has 0 aromatic heterocycles. The van der Waals surface area contributed by atoms with Crippen LogP contribution >= 0.6 is 0 Å². The molecule has 0 saturated carbocycles. The zero-order valence-electron chi connectivity index (χ0n) is 14.1. The highest BCUT2D eigenvalue weighted by molar-refractivity contribution is 5.39. The van der Waals surface area contributed by atoms with E-state index in [9.17, 15) is 0 Å². The van der Waals surface area contributed by atoms with Gasteiger partial charge in [-0.15, -0.1) is 0 Å². The van der Waals surface area contributed by atoms with Gasteiger partial charge < -0.3 is 10.5 Å². The fourth-order valence-electron chi connectivity index (χ4n) is 3.58. The van der Waals surface area contributed by atoms with Crippen molar-refractivity contribution in [1.29, 1.82) is 0 Å². The smallest absolute Gasteiger partial charge is 0.122 e. The molecular formula is C21H27NO. The molecule has 0 radical (unpaired) electrons. The molecule has 0 fully saturated rings. The molecule has 122 valence electrons. The molecule has 1 unspecified atom stereocenters. The Morgan fingerprint density at radius 3 is 2.61 bits per heavy atom. The normalized spacial score (nSPS) is 15.0. The van der Waals surface area contributed by atoms with Crippen LogP contribution in [0.25, 0.3) is 0 Å². The molecule has 2 aromatic rings. The summed E-state index contributed by atoms with van der Waals surface area (Å²) in [7, 11) is 0. The summed E-state index contributed by atoms with van der Waals surface area (Å²) in [4.78, 5) is 0. The lowest BCUT2D eigenvalue weighted by molar-refractivity contribution is 0.335. The van der Waals surface area contributed by atoms with Crippen LogP contribution in [0.5, 0.6) is 5.75 Å². The first-order valence-corrected chi connectivity index (χ1v) is 8.84. The summed E-state index contributed by atoms with van der Waals surface area (Å²) in [6, 6.07) is 15.3. The zero-order chi connectivity index (χ0) is 16.1. The summed E-state index contributed by atoms with van der Waals surface area (Å²) in [6.45, 7) is 3.39. The van der Waals surface area contributed by atoms with Crippen molar-refractivity contribution in [2.45, 2.75) is 44.9 Å². The molecule has 3 rings (SSSR count). The lowest BCUT2D eigenvalue weighted by Crippen LogP contribution is -2.16. The monoisotopic (exact) mass is 309 g/mol. The number of ether oxygens (including phenoxy) is 1. The van der Waals surface area contributed by atoms with Crippen LogP contribution in [0, 0.1) is 0 Å². The number of hydrogen-bond acceptors (Lipinski definition) is 2. The molecule has 2 N–H and O–H groups in total. The van der Waals surface area contributed by atoms with Crippen molar-refractivity contribution in [3.8, 4) is 5.75 Å². The van der Waals surface area contributed by atoms with E-state index in [2.05, 4.69) is 36.4 Å². The van der Waals surface area contributed by atoms with Gasteiger partial charge in [0.1, 0.15) is 5.75 Å². The van der Waals surface area contributed by atoms with Crippen LogP contribution in [-0.4, -0.2) is 13.2 Å². The third-order valence-corrected chi connectivity index (χ3v) is 4.87. The van der Waals surface area contributed by atoms with Crippen LogP contribution in [-0.2, 0) is 19.3 Å². The van der Waals surface area contributed by atoms with Crippen molar-refractivity contribution >= 4 is 0 Å². The van der Waals surface area contributed by atoms with Gasteiger partial charge in [0.2, 0.25) is 0 Å². The van der Waals surface area contributed by atoms with Gasteiger partial charge in [0.05, 0.1) is 6.61 Å². The molecule has 0 bridgehead atoms. The molecule has 2 aromatic carbocycles. The lowest BCUT2D eigenvalue weighted by Gasteiger charge is -2.21. The lowest BCUT2D eigenvalue weighted by atomic mass is 9.85. The Labute approximate surface area is 139 Å². The molecule has 1 aliphatic carbocycles. The van der Waals surface area contributed by atoms with Gasteiger partial charge in [-0.3, -0.25) is 0 Å². The van der Waals surface area contributed by atoms with E-state index >= 15 is 0 Å². The summed E-state index contributed by atoms with van der Waals surface area (Å²) in [5.74, 6) is 1.34. The first-order valence-electron chi connectivity index (χ1n) is 8.84. The van der Waals surface area contributed by atoms with E-state index in [1.165, 1.54) is 47.9 Å². The third kappa shape index (κ3) is 3.76. The Kier molecular flexibility index (Phi) is 5.35. The maximum absolute atomic E-state index is 6.11. The summed E-state index contributed by atoms with van der Waals surface area (Å²) in [6.07, 6.45) is 6.03. The van der Waals surface area contributed by atoms with Crippen LogP contribution < -0.4 is 10.5 Å². The molecule has 2 nitrogen and oxygen atoms in total. The fourth-order valence-corrected chi connectivity index (χ4v) is 3.58. The molecule has 0 amide bonds. The van der Waals surface area contributed by atoms with Gasteiger partial charge in [0.25, 0.3) is 0 Å². The first kappa shape index (κ1) is 16.1. The number of para-hydroxylation sites is 1. The SMILES string of the molecule is CCOc1ccccc1CC(CN)c1ccc2c(c1)CCCC2. The van der Waals surface area contributed by atoms with E-state index in [-0.39, 0.29) is 0 Å². The van der Waals surface area contributed by atoms with Crippen LogP contribution in [0.15, 0.2) is 42.5 Å². The topological polar surface area (TPSA) is 35.2 Å². The summed E-state index contributed by atoms with van der Waals surface area (Å²) in [5.41, 5.74) is 11.8. The second-order valence-corrected chi connectivity index (χ2v) is 6.41. The summed E-state index contributed by atoms with van der Waals surface area (Å²) >= 11 is 0. The number of hydrogen-bond donors (Lipinski definition) is 1. The molecule has 23 heavy (non-hydrogen) atoms. The van der Waals surface area contributed by atoms with E-state index in [1.54, 1.807) is 0 Å². The van der Waals surface area contributed by atoms with Gasteiger partial charge >= 0.3 is 0 Å². The average molecular weight is 309 g/mol. The van der Waals surface area contributed by atoms with Crippen molar-refractivity contribution in [1.82, 2.24) is 0 Å². The Bertz CT molecular complexity index is 650. The number of rotatable bonds is 6. The van der Waals surface area contributed by atoms with Gasteiger partial charge in [-0.1, -0.05) is 36.4 Å². The second kappa shape index (κ2) is 7.65. The third-order valence-electron chi connectivity index (χ3n) is 4.87. The molecule has 0 spiro atoms. The first-order chi connectivity index (χ1) is 11.3. The number of aryl methyl sites for hydroxylation is 2. The van der Waals surface area contributed by atoms with Crippen molar-refractivity contribution in [3.63, 3.8) is 0 Å². The minimum absolute atomic E-state index is 0.351. The van der Waals surface area contributed by atoms with Crippen LogP contribution in [0.1, 0.15) is 47.9 Å². The van der Waals surface area contributed by atoms with Crippen LogP contribution in [0.4, 0.5) is 0 Å². The number of fused-ring (bicyclic) bond motifs is 1. The van der Waals surface area contributed by atoms with E-state index < -0.39 is 0 Å². The van der Waals surface area contributed by atoms with Gasteiger partial charge in [-0.05, 0) is 73.9 Å². The average Bonchev–Trinajstić information content (AvgIpc) is 2.61. The summed E-state index contributed by atoms with van der Waals surface area (Å²) in [5, 5.41) is 0. The zero-order valence-corrected chi connectivity index (χ0v) is 14.1. The van der Waals surface area contributed by atoms with Gasteiger partial charge in [-0.2, -0.15) is 0 Å². The van der Waals surface area contributed by atoms with E-state index in [4.69, 9.17) is 10.5 Å². The van der Waals surface area contributed by atoms with Crippen molar-refractivity contribution < 1.29 is 4.74 Å². The molecule has 2 heteroatoms.